The van der Waals surface area contributed by atoms with E-state index in [1.165, 1.54) is 7.11 Å². The Morgan fingerprint density at radius 3 is 2.69 bits per heavy atom. The lowest BCUT2D eigenvalue weighted by molar-refractivity contribution is 0.0946. The highest BCUT2D eigenvalue weighted by Gasteiger charge is 2.15. The highest BCUT2D eigenvalue weighted by atomic mass is 32.2. The molecule has 1 aromatic heterocycles. The number of thioether (sulfide) groups is 1. The zero-order valence-corrected chi connectivity index (χ0v) is 16.6. The van der Waals surface area contributed by atoms with Crippen LogP contribution < -0.4 is 14.8 Å². The molecule has 0 spiro atoms. The van der Waals surface area contributed by atoms with Crippen molar-refractivity contribution >= 4 is 17.7 Å². The minimum absolute atomic E-state index is 0.259. The number of nitrogens with zero attached hydrogens (tertiary/aromatic N) is 4. The minimum atomic E-state index is -0.259. The maximum Gasteiger partial charge on any atom is 0.255 e. The molecule has 2 rings (SSSR count). The monoisotopic (exact) mass is 379 g/mol. The fraction of sp³-hybridized carbons (Fsp3) is 0.471. The lowest BCUT2D eigenvalue weighted by atomic mass is 10.1. The van der Waals surface area contributed by atoms with E-state index in [0.29, 0.717) is 22.9 Å². The van der Waals surface area contributed by atoms with E-state index in [0.717, 1.165) is 17.5 Å². The number of carbonyl (C=O) groups excluding carboxylic acids is 1. The number of amides is 1. The number of ether oxygens (including phenoxy) is 2. The molecule has 0 aliphatic heterocycles. The van der Waals surface area contributed by atoms with Crippen LogP contribution in [0.2, 0.25) is 0 Å². The van der Waals surface area contributed by atoms with Crippen molar-refractivity contribution in [3.8, 4) is 11.5 Å². The summed E-state index contributed by atoms with van der Waals surface area (Å²) in [4.78, 5) is 14.6. The first-order valence-electron chi connectivity index (χ1n) is 8.12. The van der Waals surface area contributed by atoms with Crippen LogP contribution in [0.3, 0.4) is 0 Å². The Morgan fingerprint density at radius 2 is 2.04 bits per heavy atom. The summed E-state index contributed by atoms with van der Waals surface area (Å²) < 4.78 is 12.3. The summed E-state index contributed by atoms with van der Waals surface area (Å²) in [6, 6.07) is 5.10. The molecule has 2 aromatic rings. The van der Waals surface area contributed by atoms with Gasteiger partial charge in [0, 0.05) is 19.3 Å². The summed E-state index contributed by atoms with van der Waals surface area (Å²) in [7, 11) is 9.04. The molecule has 0 radical (unpaired) electrons. The van der Waals surface area contributed by atoms with Crippen LogP contribution in [0.25, 0.3) is 0 Å². The first kappa shape index (κ1) is 20.1. The van der Waals surface area contributed by atoms with E-state index in [4.69, 9.17) is 9.47 Å². The van der Waals surface area contributed by atoms with E-state index in [1.807, 2.05) is 25.7 Å². The lowest BCUT2D eigenvalue weighted by Gasteiger charge is -2.11. The summed E-state index contributed by atoms with van der Waals surface area (Å²) in [6.07, 6.45) is 0. The fourth-order valence-electron chi connectivity index (χ4n) is 2.19. The molecule has 1 amide bonds. The molecule has 1 N–H and O–H groups in total. The third-order valence-electron chi connectivity index (χ3n) is 3.75. The third-order valence-corrected chi connectivity index (χ3v) is 4.75. The van der Waals surface area contributed by atoms with Gasteiger partial charge in [-0.1, -0.05) is 11.8 Å². The maximum atomic E-state index is 12.5. The van der Waals surface area contributed by atoms with Crippen LogP contribution in [0.5, 0.6) is 11.5 Å². The molecule has 0 atom stereocenters. The molecule has 0 aliphatic carbocycles. The second-order valence-electron chi connectivity index (χ2n) is 5.86. The van der Waals surface area contributed by atoms with Crippen molar-refractivity contribution in [1.82, 2.24) is 25.0 Å². The Morgan fingerprint density at radius 1 is 1.27 bits per heavy atom. The molecule has 0 unspecified atom stereocenters. The van der Waals surface area contributed by atoms with E-state index in [1.54, 1.807) is 37.1 Å². The summed E-state index contributed by atoms with van der Waals surface area (Å²) in [5.41, 5.74) is 0.412. The van der Waals surface area contributed by atoms with E-state index < -0.39 is 0 Å². The molecule has 1 heterocycles. The summed E-state index contributed by atoms with van der Waals surface area (Å²) >= 11 is 1.64. The molecule has 142 valence electrons. The number of benzene rings is 1. The molecular formula is C17H25N5O3S. The molecule has 26 heavy (non-hydrogen) atoms. The van der Waals surface area contributed by atoms with Gasteiger partial charge < -0.3 is 24.3 Å². The number of carbonyl (C=O) groups is 1. The number of rotatable bonds is 9. The minimum Gasteiger partial charge on any atom is -0.497 e. The van der Waals surface area contributed by atoms with Gasteiger partial charge in [-0.15, -0.1) is 10.2 Å². The number of hydrogen-bond donors (Lipinski definition) is 1. The van der Waals surface area contributed by atoms with Gasteiger partial charge in [0.25, 0.3) is 5.91 Å². The van der Waals surface area contributed by atoms with E-state index >= 15 is 0 Å². The Balaban J connectivity index is 2.00. The van der Waals surface area contributed by atoms with Crippen LogP contribution in [0.15, 0.2) is 23.4 Å². The zero-order valence-electron chi connectivity index (χ0n) is 15.8. The van der Waals surface area contributed by atoms with Crippen LogP contribution in [0.4, 0.5) is 0 Å². The van der Waals surface area contributed by atoms with Gasteiger partial charge >= 0.3 is 0 Å². The summed E-state index contributed by atoms with van der Waals surface area (Å²) in [5, 5.41) is 12.0. The molecule has 0 aliphatic rings. The van der Waals surface area contributed by atoms with Crippen LogP contribution >= 0.6 is 11.8 Å². The van der Waals surface area contributed by atoms with Crippen LogP contribution in [0, 0.1) is 0 Å². The topological polar surface area (TPSA) is 81.5 Å². The van der Waals surface area contributed by atoms with Crippen molar-refractivity contribution in [3.05, 3.63) is 29.6 Å². The van der Waals surface area contributed by atoms with Gasteiger partial charge in [0.05, 0.1) is 26.3 Å². The van der Waals surface area contributed by atoms with Gasteiger partial charge in [0.2, 0.25) is 0 Å². The van der Waals surface area contributed by atoms with Gasteiger partial charge in [0.1, 0.15) is 11.5 Å². The van der Waals surface area contributed by atoms with Crippen LogP contribution in [-0.2, 0) is 13.6 Å². The number of hydrogen-bond acceptors (Lipinski definition) is 7. The van der Waals surface area contributed by atoms with Crippen molar-refractivity contribution in [2.75, 3.05) is 40.6 Å². The summed E-state index contributed by atoms with van der Waals surface area (Å²) in [5.74, 6) is 2.43. The number of methoxy groups -OCH3 is 2. The Labute approximate surface area is 157 Å². The van der Waals surface area contributed by atoms with Crippen molar-refractivity contribution in [2.24, 2.45) is 7.05 Å². The van der Waals surface area contributed by atoms with E-state index in [2.05, 4.69) is 20.4 Å². The summed E-state index contributed by atoms with van der Waals surface area (Å²) in [6.45, 7) is 1.23. The standard InChI is InChI=1S/C17H25N5O3S/c1-21(2)8-9-26-17-20-19-15(22(17)3)11-18-16(23)13-10-12(24-4)6-7-14(13)25-5/h6-7,10H,8-9,11H2,1-5H3,(H,18,23). The van der Waals surface area contributed by atoms with Crippen LogP contribution in [0.1, 0.15) is 16.2 Å². The third kappa shape index (κ3) is 5.12. The number of nitrogens with one attached hydrogen (secondary N) is 1. The zero-order chi connectivity index (χ0) is 19.1. The predicted molar refractivity (Wildman–Crippen MR) is 101 cm³/mol. The van der Waals surface area contributed by atoms with Gasteiger partial charge in [-0.2, -0.15) is 0 Å². The largest absolute Gasteiger partial charge is 0.497 e. The quantitative estimate of drug-likeness (QED) is 0.660. The highest BCUT2D eigenvalue weighted by Crippen LogP contribution is 2.24. The van der Waals surface area contributed by atoms with E-state index in [-0.39, 0.29) is 12.5 Å². The highest BCUT2D eigenvalue weighted by molar-refractivity contribution is 7.99. The Hall–Kier alpha value is -2.26. The SMILES string of the molecule is COc1ccc(OC)c(C(=O)NCc2nnc(SCCN(C)C)n2C)c1. The molecular weight excluding hydrogens is 354 g/mol. The van der Waals surface area contributed by atoms with Crippen molar-refractivity contribution in [1.29, 1.82) is 0 Å². The van der Waals surface area contributed by atoms with Crippen molar-refractivity contribution in [3.63, 3.8) is 0 Å². The number of aromatic nitrogens is 3. The van der Waals surface area contributed by atoms with Crippen molar-refractivity contribution < 1.29 is 14.3 Å². The smallest absolute Gasteiger partial charge is 0.255 e. The predicted octanol–water partition coefficient (Wildman–Crippen LogP) is 1.42. The Kier molecular flexibility index (Phi) is 7.28. The second kappa shape index (κ2) is 9.44. The van der Waals surface area contributed by atoms with Gasteiger partial charge in [-0.25, -0.2) is 0 Å². The molecule has 1 aromatic carbocycles. The second-order valence-corrected chi connectivity index (χ2v) is 6.92. The Bertz CT molecular complexity index is 748. The molecule has 0 saturated carbocycles. The fourth-order valence-corrected chi connectivity index (χ4v) is 3.23. The average Bonchev–Trinajstić information content (AvgIpc) is 2.98. The lowest BCUT2D eigenvalue weighted by Crippen LogP contribution is -2.25. The first-order chi connectivity index (χ1) is 12.5. The molecule has 0 fully saturated rings. The van der Waals surface area contributed by atoms with Crippen LogP contribution in [-0.4, -0.2) is 66.2 Å². The molecule has 0 saturated heterocycles. The van der Waals surface area contributed by atoms with Gasteiger partial charge in [-0.05, 0) is 32.3 Å². The van der Waals surface area contributed by atoms with E-state index in [9.17, 15) is 4.79 Å². The van der Waals surface area contributed by atoms with Gasteiger partial charge in [0.15, 0.2) is 11.0 Å². The maximum absolute atomic E-state index is 12.5. The van der Waals surface area contributed by atoms with Gasteiger partial charge in [-0.3, -0.25) is 4.79 Å². The molecule has 9 heteroatoms. The average molecular weight is 379 g/mol. The van der Waals surface area contributed by atoms with Crippen molar-refractivity contribution in [2.45, 2.75) is 11.7 Å². The normalized spacial score (nSPS) is 10.8. The molecule has 8 nitrogen and oxygen atoms in total. The first-order valence-corrected chi connectivity index (χ1v) is 9.10. The molecule has 0 bridgehead atoms.